The zero-order valence-corrected chi connectivity index (χ0v) is 26.0. The molecule has 13 nitrogen and oxygen atoms in total. The number of hydrogen-bond donors (Lipinski definition) is 2. The molecule has 1 saturated heterocycles. The predicted octanol–water partition coefficient (Wildman–Crippen LogP) is 3.20. The maximum absolute atomic E-state index is 13.6. The van der Waals surface area contributed by atoms with Gasteiger partial charge in [0.25, 0.3) is 11.5 Å². The van der Waals surface area contributed by atoms with Crippen LogP contribution < -0.4 is 25.2 Å². The van der Waals surface area contributed by atoms with Gasteiger partial charge in [0.2, 0.25) is 21.9 Å². The number of aryl methyl sites for hydroxylation is 1. The van der Waals surface area contributed by atoms with Crippen LogP contribution in [0.1, 0.15) is 53.5 Å². The molecule has 5 rings (SSSR count). The lowest BCUT2D eigenvalue weighted by Crippen LogP contribution is -2.39. The van der Waals surface area contributed by atoms with Gasteiger partial charge in [-0.05, 0) is 50.5 Å². The number of fused-ring (bicyclic) bond motifs is 1. The first-order valence-corrected chi connectivity index (χ1v) is 15.9. The van der Waals surface area contributed by atoms with Gasteiger partial charge in [0.05, 0.1) is 42.0 Å². The van der Waals surface area contributed by atoms with Gasteiger partial charge in [-0.3, -0.25) is 18.8 Å². The van der Waals surface area contributed by atoms with Gasteiger partial charge in [0.1, 0.15) is 5.15 Å². The summed E-state index contributed by atoms with van der Waals surface area (Å²) in [6, 6.07) is 8.39. The van der Waals surface area contributed by atoms with Crippen molar-refractivity contribution >= 4 is 50.1 Å². The molecule has 4 heterocycles. The van der Waals surface area contributed by atoms with E-state index >= 15 is 0 Å². The number of nitrogens with zero attached hydrogens (tertiary/aromatic N) is 6. The monoisotopic (exact) mass is 628 g/mol. The molecule has 0 aliphatic carbocycles. The van der Waals surface area contributed by atoms with Crippen LogP contribution in [0, 0.1) is 6.92 Å². The van der Waals surface area contributed by atoms with Gasteiger partial charge in [-0.1, -0.05) is 17.7 Å². The number of amides is 1. The third kappa shape index (κ3) is 6.44. The Balaban J connectivity index is 1.47. The minimum Gasteiger partial charge on any atom is -0.480 e. The molecule has 0 bridgehead atoms. The second-order valence-electron chi connectivity index (χ2n) is 10.7. The second kappa shape index (κ2) is 11.8. The Kier molecular flexibility index (Phi) is 8.34. The number of benzene rings is 1. The van der Waals surface area contributed by atoms with Crippen molar-refractivity contribution in [3.8, 4) is 5.88 Å². The molecule has 2 N–H and O–H groups in total. The minimum atomic E-state index is -3.83. The smallest absolute Gasteiger partial charge is 0.285 e. The van der Waals surface area contributed by atoms with Crippen LogP contribution in [0.25, 0.3) is 10.9 Å². The number of halogens is 1. The van der Waals surface area contributed by atoms with Crippen molar-refractivity contribution in [2.24, 2.45) is 7.05 Å². The number of carbonyl (C=O) groups is 1. The van der Waals surface area contributed by atoms with Crippen LogP contribution in [0.2, 0.25) is 5.15 Å². The van der Waals surface area contributed by atoms with E-state index in [2.05, 4.69) is 20.3 Å². The zero-order chi connectivity index (χ0) is 31.1. The average Bonchev–Trinajstić information content (AvgIpc) is 3.44. The number of ether oxygens (including phenoxy) is 1. The Hall–Kier alpha value is -4.17. The molecule has 228 valence electrons. The SMILES string of the molecule is COc1ccn(C2CCN(c3nc4c([C@@H](C)Nc5ccc(Cl)nc5C(=O)NS(C)(=O)=O)cc(C)cc4c(=O)n3C)CC2)n1. The molecule has 1 amide bonds. The highest BCUT2D eigenvalue weighted by molar-refractivity contribution is 7.89. The van der Waals surface area contributed by atoms with Gasteiger partial charge in [-0.15, -0.1) is 5.10 Å². The van der Waals surface area contributed by atoms with Crippen LogP contribution in [0.3, 0.4) is 0 Å². The van der Waals surface area contributed by atoms with Crippen molar-refractivity contribution in [1.29, 1.82) is 0 Å². The number of anilines is 2. The van der Waals surface area contributed by atoms with E-state index in [1.165, 1.54) is 6.07 Å². The average molecular weight is 629 g/mol. The molecule has 1 aliphatic heterocycles. The number of methoxy groups -OCH3 is 1. The lowest BCUT2D eigenvalue weighted by Gasteiger charge is -2.33. The molecule has 0 saturated carbocycles. The minimum absolute atomic E-state index is 0.0307. The van der Waals surface area contributed by atoms with Crippen LogP contribution in [0.15, 0.2) is 41.3 Å². The quantitative estimate of drug-likeness (QED) is 0.278. The van der Waals surface area contributed by atoms with E-state index in [0.29, 0.717) is 35.8 Å². The topological polar surface area (TPSA) is 153 Å². The maximum atomic E-state index is 13.6. The van der Waals surface area contributed by atoms with Crippen LogP contribution in [0.5, 0.6) is 5.88 Å². The van der Waals surface area contributed by atoms with E-state index in [1.54, 1.807) is 24.8 Å². The third-order valence-electron chi connectivity index (χ3n) is 7.44. The molecular weight excluding hydrogens is 596 g/mol. The molecular formula is C28H33ClN8O5S. The number of nitrogens with one attached hydrogen (secondary N) is 2. The number of piperidine rings is 1. The van der Waals surface area contributed by atoms with Crippen molar-refractivity contribution in [1.82, 2.24) is 29.0 Å². The van der Waals surface area contributed by atoms with Gasteiger partial charge in [0.15, 0.2) is 5.69 Å². The highest BCUT2D eigenvalue weighted by Crippen LogP contribution is 2.31. The van der Waals surface area contributed by atoms with Gasteiger partial charge in [0, 0.05) is 38.0 Å². The van der Waals surface area contributed by atoms with Crippen molar-refractivity contribution in [3.63, 3.8) is 0 Å². The summed E-state index contributed by atoms with van der Waals surface area (Å²) in [7, 11) is -0.515. The first kappa shape index (κ1) is 30.3. The lowest BCUT2D eigenvalue weighted by atomic mass is 10.0. The summed E-state index contributed by atoms with van der Waals surface area (Å²) in [4.78, 5) is 37.5. The maximum Gasteiger partial charge on any atom is 0.285 e. The lowest BCUT2D eigenvalue weighted by molar-refractivity contribution is 0.0977. The van der Waals surface area contributed by atoms with Crippen molar-refractivity contribution in [3.05, 3.63) is 68.9 Å². The van der Waals surface area contributed by atoms with Gasteiger partial charge < -0.3 is 15.0 Å². The van der Waals surface area contributed by atoms with E-state index in [4.69, 9.17) is 21.3 Å². The summed E-state index contributed by atoms with van der Waals surface area (Å²) < 4.78 is 34.0. The molecule has 1 aliphatic rings. The number of pyridine rings is 1. The van der Waals surface area contributed by atoms with Crippen molar-refractivity contribution in [2.75, 3.05) is 36.7 Å². The molecule has 1 aromatic carbocycles. The molecule has 4 aromatic rings. The number of aromatic nitrogens is 5. The van der Waals surface area contributed by atoms with Gasteiger partial charge in [-0.2, -0.15) is 0 Å². The molecule has 0 radical (unpaired) electrons. The normalized spacial score (nSPS) is 15.0. The fraction of sp³-hybridized carbons (Fsp3) is 0.393. The van der Waals surface area contributed by atoms with Crippen molar-refractivity contribution in [2.45, 2.75) is 38.8 Å². The van der Waals surface area contributed by atoms with Crippen LogP contribution in [0.4, 0.5) is 11.6 Å². The molecule has 3 aromatic heterocycles. The molecule has 0 spiro atoms. The Morgan fingerprint density at radius 2 is 1.88 bits per heavy atom. The molecule has 1 atom stereocenters. The predicted molar refractivity (Wildman–Crippen MR) is 165 cm³/mol. The number of hydrogen-bond acceptors (Lipinski definition) is 10. The Labute approximate surface area is 253 Å². The third-order valence-corrected chi connectivity index (χ3v) is 8.20. The Bertz CT molecular complexity index is 1860. The summed E-state index contributed by atoms with van der Waals surface area (Å²) in [5, 5.41) is 8.21. The van der Waals surface area contributed by atoms with Crippen LogP contribution in [-0.2, 0) is 17.1 Å². The highest BCUT2D eigenvalue weighted by atomic mass is 35.5. The highest BCUT2D eigenvalue weighted by Gasteiger charge is 2.26. The first-order chi connectivity index (χ1) is 20.3. The molecule has 15 heteroatoms. The summed E-state index contributed by atoms with van der Waals surface area (Å²) >= 11 is 6.03. The Morgan fingerprint density at radius 3 is 2.53 bits per heavy atom. The van der Waals surface area contributed by atoms with E-state index < -0.39 is 22.0 Å². The summed E-state index contributed by atoms with van der Waals surface area (Å²) in [5.41, 5.74) is 2.06. The van der Waals surface area contributed by atoms with Gasteiger partial charge >= 0.3 is 0 Å². The van der Waals surface area contributed by atoms with E-state index in [1.807, 2.05) is 47.6 Å². The molecule has 1 fully saturated rings. The summed E-state index contributed by atoms with van der Waals surface area (Å²) in [6.07, 6.45) is 4.43. The molecule has 0 unspecified atom stereocenters. The van der Waals surface area contributed by atoms with E-state index in [9.17, 15) is 18.0 Å². The van der Waals surface area contributed by atoms with Gasteiger partial charge in [-0.25, -0.2) is 23.1 Å². The fourth-order valence-electron chi connectivity index (χ4n) is 5.37. The van der Waals surface area contributed by atoms with E-state index in [-0.39, 0.29) is 28.1 Å². The largest absolute Gasteiger partial charge is 0.480 e. The van der Waals surface area contributed by atoms with Crippen LogP contribution in [-0.4, -0.2) is 65.1 Å². The standard InChI is InChI=1S/C28H33ClN8O5S/c1-16-14-19(17(2)30-21-6-7-22(29)31-25(21)26(38)34-43(5,40)41)24-20(15-16)27(39)35(3)28(32-24)36-11-8-18(9-12-36)37-13-10-23(33-37)42-4/h6-7,10,13-15,17-18,30H,8-9,11-12H2,1-5H3,(H,34,38)/t17-/m1/s1. The van der Waals surface area contributed by atoms with Crippen molar-refractivity contribution < 1.29 is 17.9 Å². The summed E-state index contributed by atoms with van der Waals surface area (Å²) in [6.45, 7) is 5.13. The number of sulfonamides is 1. The number of rotatable bonds is 8. The van der Waals surface area contributed by atoms with E-state index in [0.717, 1.165) is 30.2 Å². The first-order valence-electron chi connectivity index (χ1n) is 13.6. The fourth-order valence-corrected chi connectivity index (χ4v) is 5.95. The summed E-state index contributed by atoms with van der Waals surface area (Å²) in [5.74, 6) is 0.219. The van der Waals surface area contributed by atoms with Crippen LogP contribution >= 0.6 is 11.6 Å². The number of carbonyl (C=O) groups excluding carboxylic acids is 1. The Morgan fingerprint density at radius 1 is 1.16 bits per heavy atom. The zero-order valence-electron chi connectivity index (χ0n) is 24.5. The second-order valence-corrected chi connectivity index (χ2v) is 12.8. The molecule has 43 heavy (non-hydrogen) atoms.